The monoisotopic (exact) mass is 332 g/mol. The zero-order chi connectivity index (χ0) is 16.7. The van der Waals surface area contributed by atoms with Gasteiger partial charge in [0.2, 0.25) is 5.91 Å². The zero-order valence-electron chi connectivity index (χ0n) is 14.3. The summed E-state index contributed by atoms with van der Waals surface area (Å²) in [6.45, 7) is 6.10. The molecular formula is C18H28N4O2. The van der Waals surface area contributed by atoms with Crippen molar-refractivity contribution >= 4 is 5.91 Å². The SMILES string of the molecule is O=C(CCN1CCOCC1)NC1(Cc2ccccn2)CCNCC1. The van der Waals surface area contributed by atoms with E-state index in [0.717, 1.165) is 70.9 Å². The second kappa shape index (κ2) is 8.55. The fourth-order valence-electron chi connectivity index (χ4n) is 3.54. The molecule has 1 amide bonds. The fourth-order valence-corrected chi connectivity index (χ4v) is 3.54. The Morgan fingerprint density at radius 2 is 2.08 bits per heavy atom. The summed E-state index contributed by atoms with van der Waals surface area (Å²) in [4.78, 5) is 19.3. The first-order valence-corrected chi connectivity index (χ1v) is 8.98. The van der Waals surface area contributed by atoms with Crippen LogP contribution in [0.5, 0.6) is 0 Å². The third-order valence-electron chi connectivity index (χ3n) is 4.97. The van der Waals surface area contributed by atoms with E-state index in [-0.39, 0.29) is 11.4 Å². The Bertz CT molecular complexity index is 511. The first kappa shape index (κ1) is 17.3. The van der Waals surface area contributed by atoms with E-state index in [0.29, 0.717) is 6.42 Å². The Morgan fingerprint density at radius 3 is 2.79 bits per heavy atom. The molecule has 0 atom stereocenters. The topological polar surface area (TPSA) is 66.5 Å². The van der Waals surface area contributed by atoms with Gasteiger partial charge < -0.3 is 15.4 Å². The van der Waals surface area contributed by atoms with Gasteiger partial charge in [-0.15, -0.1) is 0 Å². The normalized spacial score (nSPS) is 21.3. The van der Waals surface area contributed by atoms with Gasteiger partial charge in [-0.3, -0.25) is 14.7 Å². The molecule has 3 rings (SSSR count). The highest BCUT2D eigenvalue weighted by Crippen LogP contribution is 2.23. The number of morpholine rings is 1. The number of hydrogen-bond donors (Lipinski definition) is 2. The molecule has 1 aromatic heterocycles. The highest BCUT2D eigenvalue weighted by molar-refractivity contribution is 5.77. The maximum absolute atomic E-state index is 12.5. The van der Waals surface area contributed by atoms with Crippen LogP contribution >= 0.6 is 0 Å². The smallest absolute Gasteiger partial charge is 0.221 e. The molecule has 2 N–H and O–H groups in total. The van der Waals surface area contributed by atoms with Crippen LogP contribution in [0.1, 0.15) is 25.0 Å². The van der Waals surface area contributed by atoms with Gasteiger partial charge in [0.05, 0.1) is 13.2 Å². The summed E-state index contributed by atoms with van der Waals surface area (Å²) in [5.74, 6) is 0.152. The van der Waals surface area contributed by atoms with Crippen molar-refractivity contribution in [3.63, 3.8) is 0 Å². The van der Waals surface area contributed by atoms with Gasteiger partial charge in [-0.2, -0.15) is 0 Å². The van der Waals surface area contributed by atoms with Gasteiger partial charge >= 0.3 is 0 Å². The van der Waals surface area contributed by atoms with Gasteiger partial charge in [-0.1, -0.05) is 6.07 Å². The summed E-state index contributed by atoms with van der Waals surface area (Å²) < 4.78 is 5.35. The molecule has 0 saturated carbocycles. The number of rotatable bonds is 6. The largest absolute Gasteiger partial charge is 0.379 e. The van der Waals surface area contributed by atoms with Crippen LogP contribution in [0.15, 0.2) is 24.4 Å². The first-order valence-electron chi connectivity index (χ1n) is 8.98. The second-order valence-corrected chi connectivity index (χ2v) is 6.78. The van der Waals surface area contributed by atoms with E-state index < -0.39 is 0 Å². The number of carbonyl (C=O) groups is 1. The maximum atomic E-state index is 12.5. The number of piperidine rings is 1. The summed E-state index contributed by atoms with van der Waals surface area (Å²) in [5, 5.41) is 6.73. The summed E-state index contributed by atoms with van der Waals surface area (Å²) in [7, 11) is 0. The van der Waals surface area contributed by atoms with E-state index >= 15 is 0 Å². The predicted octanol–water partition coefficient (Wildman–Crippen LogP) is 0.585. The van der Waals surface area contributed by atoms with E-state index in [1.54, 1.807) is 0 Å². The van der Waals surface area contributed by atoms with Gasteiger partial charge in [-0.25, -0.2) is 0 Å². The molecule has 0 unspecified atom stereocenters. The number of ether oxygens (including phenoxy) is 1. The molecule has 24 heavy (non-hydrogen) atoms. The van der Waals surface area contributed by atoms with Crippen molar-refractivity contribution in [2.45, 2.75) is 31.2 Å². The summed E-state index contributed by atoms with van der Waals surface area (Å²) in [5.41, 5.74) is 0.884. The second-order valence-electron chi connectivity index (χ2n) is 6.78. The van der Waals surface area contributed by atoms with E-state index in [2.05, 4.69) is 20.5 Å². The van der Waals surface area contributed by atoms with Gasteiger partial charge in [0, 0.05) is 49.9 Å². The molecule has 2 saturated heterocycles. The third kappa shape index (κ3) is 5.00. The van der Waals surface area contributed by atoms with Crippen LogP contribution in [0.4, 0.5) is 0 Å². The van der Waals surface area contributed by atoms with E-state index in [1.807, 2.05) is 24.4 Å². The average molecular weight is 332 g/mol. The fraction of sp³-hybridized carbons (Fsp3) is 0.667. The van der Waals surface area contributed by atoms with Crippen LogP contribution in [0.2, 0.25) is 0 Å². The first-order chi connectivity index (χ1) is 11.8. The number of pyridine rings is 1. The van der Waals surface area contributed by atoms with Crippen molar-refractivity contribution in [2.75, 3.05) is 45.9 Å². The van der Waals surface area contributed by atoms with Crippen LogP contribution in [-0.2, 0) is 16.0 Å². The van der Waals surface area contributed by atoms with Gasteiger partial charge in [0.15, 0.2) is 0 Å². The van der Waals surface area contributed by atoms with Gasteiger partial charge in [-0.05, 0) is 38.1 Å². The lowest BCUT2D eigenvalue weighted by atomic mass is 9.83. The lowest BCUT2D eigenvalue weighted by Crippen LogP contribution is -2.56. The average Bonchev–Trinajstić information content (AvgIpc) is 2.62. The number of aromatic nitrogens is 1. The van der Waals surface area contributed by atoms with E-state index in [9.17, 15) is 4.79 Å². The predicted molar refractivity (Wildman–Crippen MR) is 92.8 cm³/mol. The Kier molecular flexibility index (Phi) is 6.18. The van der Waals surface area contributed by atoms with Crippen molar-refractivity contribution in [1.29, 1.82) is 0 Å². The molecule has 1 aromatic rings. The molecule has 6 heteroatoms. The van der Waals surface area contributed by atoms with Crippen molar-refractivity contribution in [3.05, 3.63) is 30.1 Å². The molecule has 3 heterocycles. The van der Waals surface area contributed by atoms with Crippen LogP contribution < -0.4 is 10.6 Å². The van der Waals surface area contributed by atoms with Crippen molar-refractivity contribution in [3.8, 4) is 0 Å². The van der Waals surface area contributed by atoms with Crippen LogP contribution in [0, 0.1) is 0 Å². The molecule has 0 aliphatic carbocycles. The lowest BCUT2D eigenvalue weighted by molar-refractivity contribution is -0.124. The Hall–Kier alpha value is -1.50. The van der Waals surface area contributed by atoms with Crippen LogP contribution in [0.25, 0.3) is 0 Å². The van der Waals surface area contributed by atoms with Crippen molar-refractivity contribution in [2.24, 2.45) is 0 Å². The minimum atomic E-state index is -0.165. The number of hydrogen-bond acceptors (Lipinski definition) is 5. The van der Waals surface area contributed by atoms with Gasteiger partial charge in [0.25, 0.3) is 0 Å². The summed E-state index contributed by atoms with van der Waals surface area (Å²) in [6.07, 6.45) is 5.08. The molecule has 2 aliphatic heterocycles. The highest BCUT2D eigenvalue weighted by Gasteiger charge is 2.34. The third-order valence-corrected chi connectivity index (χ3v) is 4.97. The Labute approximate surface area is 144 Å². The highest BCUT2D eigenvalue weighted by atomic mass is 16.5. The van der Waals surface area contributed by atoms with E-state index in [1.165, 1.54) is 0 Å². The van der Waals surface area contributed by atoms with Crippen molar-refractivity contribution in [1.82, 2.24) is 20.5 Å². The molecule has 2 fully saturated rings. The maximum Gasteiger partial charge on any atom is 0.221 e. The Morgan fingerprint density at radius 1 is 1.29 bits per heavy atom. The van der Waals surface area contributed by atoms with Crippen LogP contribution in [0.3, 0.4) is 0 Å². The Balaban J connectivity index is 1.55. The lowest BCUT2D eigenvalue weighted by Gasteiger charge is -2.38. The molecule has 132 valence electrons. The standard InChI is InChI=1S/C18H28N4O2/c23-17(4-10-22-11-13-24-14-12-22)21-18(5-8-19-9-6-18)15-16-3-1-2-7-20-16/h1-3,7,19H,4-6,8-15H2,(H,21,23). The summed E-state index contributed by atoms with van der Waals surface area (Å²) >= 11 is 0. The number of nitrogens with zero attached hydrogens (tertiary/aromatic N) is 2. The minimum Gasteiger partial charge on any atom is -0.379 e. The summed E-state index contributed by atoms with van der Waals surface area (Å²) in [6, 6.07) is 5.99. The van der Waals surface area contributed by atoms with E-state index in [4.69, 9.17) is 4.74 Å². The van der Waals surface area contributed by atoms with Crippen molar-refractivity contribution < 1.29 is 9.53 Å². The molecule has 0 radical (unpaired) electrons. The molecule has 0 aromatic carbocycles. The number of carbonyl (C=O) groups excluding carboxylic acids is 1. The molecular weight excluding hydrogens is 304 g/mol. The van der Waals surface area contributed by atoms with Gasteiger partial charge in [0.1, 0.15) is 0 Å². The molecule has 0 spiro atoms. The number of nitrogens with one attached hydrogen (secondary N) is 2. The zero-order valence-corrected chi connectivity index (χ0v) is 14.3. The van der Waals surface area contributed by atoms with Crippen LogP contribution in [-0.4, -0.2) is 67.3 Å². The quantitative estimate of drug-likeness (QED) is 0.798. The number of amides is 1. The minimum absolute atomic E-state index is 0.152. The molecule has 0 bridgehead atoms. The molecule has 6 nitrogen and oxygen atoms in total. The molecule has 2 aliphatic rings.